The van der Waals surface area contributed by atoms with Crippen LogP contribution in [0.5, 0.6) is 0 Å². The lowest BCUT2D eigenvalue weighted by Gasteiger charge is -2.35. The van der Waals surface area contributed by atoms with Gasteiger partial charge in [0.25, 0.3) is 0 Å². The summed E-state index contributed by atoms with van der Waals surface area (Å²) in [5.74, 6) is 0.938. The summed E-state index contributed by atoms with van der Waals surface area (Å²) >= 11 is 3.55. The lowest BCUT2D eigenvalue weighted by atomic mass is 10.2. The Bertz CT molecular complexity index is 885. The van der Waals surface area contributed by atoms with Gasteiger partial charge in [0.15, 0.2) is 0 Å². The minimum Gasteiger partial charge on any atom is -0.353 e. The SMILES string of the molecule is Cn1cc(-c2cncc(N3CCN(Cc4cccc(Br)c4)CC3)n2)cn1. The van der Waals surface area contributed by atoms with Gasteiger partial charge in [-0.3, -0.25) is 14.6 Å². The molecule has 0 radical (unpaired) electrons. The molecule has 0 bridgehead atoms. The van der Waals surface area contributed by atoms with Crippen molar-refractivity contribution in [2.45, 2.75) is 6.54 Å². The maximum absolute atomic E-state index is 4.79. The van der Waals surface area contributed by atoms with E-state index in [1.165, 1.54) is 5.56 Å². The fourth-order valence-corrected chi connectivity index (χ4v) is 3.68. The Morgan fingerprint density at radius 2 is 1.92 bits per heavy atom. The second kappa shape index (κ2) is 7.55. The number of anilines is 1. The zero-order valence-corrected chi connectivity index (χ0v) is 16.3. The highest BCUT2D eigenvalue weighted by Gasteiger charge is 2.19. The van der Waals surface area contributed by atoms with E-state index in [9.17, 15) is 0 Å². The molecule has 1 fully saturated rings. The van der Waals surface area contributed by atoms with Crippen LogP contribution < -0.4 is 4.90 Å². The molecule has 4 rings (SSSR count). The molecule has 2 aromatic heterocycles. The number of nitrogens with zero attached hydrogens (tertiary/aromatic N) is 6. The van der Waals surface area contributed by atoms with Crippen LogP contribution >= 0.6 is 15.9 Å². The van der Waals surface area contributed by atoms with Crippen molar-refractivity contribution in [3.05, 3.63) is 59.1 Å². The molecule has 1 aliphatic heterocycles. The van der Waals surface area contributed by atoms with E-state index < -0.39 is 0 Å². The van der Waals surface area contributed by atoms with Gasteiger partial charge in [0.1, 0.15) is 5.82 Å². The minimum atomic E-state index is 0.868. The Morgan fingerprint density at radius 1 is 1.08 bits per heavy atom. The number of hydrogen-bond acceptors (Lipinski definition) is 5. The molecule has 6 nitrogen and oxygen atoms in total. The first-order valence-corrected chi connectivity index (χ1v) is 9.49. The Hall–Kier alpha value is -2.25. The van der Waals surface area contributed by atoms with Crippen LogP contribution in [0.1, 0.15) is 5.56 Å². The summed E-state index contributed by atoms with van der Waals surface area (Å²) in [6.45, 7) is 4.93. The zero-order chi connectivity index (χ0) is 17.9. The van der Waals surface area contributed by atoms with Gasteiger partial charge in [-0.25, -0.2) is 4.98 Å². The highest BCUT2D eigenvalue weighted by atomic mass is 79.9. The molecule has 0 atom stereocenters. The second-order valence-electron chi connectivity index (χ2n) is 6.56. The van der Waals surface area contributed by atoms with Gasteiger partial charge in [0, 0.05) is 56.0 Å². The molecule has 26 heavy (non-hydrogen) atoms. The van der Waals surface area contributed by atoms with E-state index in [0.717, 1.165) is 54.3 Å². The van der Waals surface area contributed by atoms with Gasteiger partial charge in [-0.05, 0) is 17.7 Å². The standard InChI is InChI=1S/C19H21BrN6/c1-24-14-16(10-22-24)18-11-21-12-19(23-18)26-7-5-25(6-8-26)13-15-3-2-4-17(20)9-15/h2-4,9-12,14H,5-8,13H2,1H3. The number of aromatic nitrogens is 4. The van der Waals surface area contributed by atoms with Crippen LogP contribution in [0.3, 0.4) is 0 Å². The first-order valence-electron chi connectivity index (χ1n) is 8.70. The highest BCUT2D eigenvalue weighted by Crippen LogP contribution is 2.20. The molecule has 3 aromatic rings. The predicted molar refractivity (Wildman–Crippen MR) is 106 cm³/mol. The summed E-state index contributed by atoms with van der Waals surface area (Å²) in [5, 5.41) is 4.22. The van der Waals surface area contributed by atoms with E-state index in [-0.39, 0.29) is 0 Å². The van der Waals surface area contributed by atoms with Crippen LogP contribution in [0.4, 0.5) is 5.82 Å². The molecule has 3 heterocycles. The molecule has 0 saturated carbocycles. The summed E-state index contributed by atoms with van der Waals surface area (Å²) in [4.78, 5) is 14.0. The van der Waals surface area contributed by atoms with E-state index in [1.54, 1.807) is 10.9 Å². The molecule has 1 aromatic carbocycles. The third-order valence-electron chi connectivity index (χ3n) is 4.61. The molecule has 0 N–H and O–H groups in total. The van der Waals surface area contributed by atoms with Crippen molar-refractivity contribution in [1.82, 2.24) is 24.6 Å². The smallest absolute Gasteiger partial charge is 0.147 e. The maximum atomic E-state index is 4.79. The largest absolute Gasteiger partial charge is 0.353 e. The monoisotopic (exact) mass is 412 g/mol. The molecule has 0 aliphatic carbocycles. The quantitative estimate of drug-likeness (QED) is 0.659. The second-order valence-corrected chi connectivity index (χ2v) is 7.47. The third kappa shape index (κ3) is 3.94. The molecule has 7 heteroatoms. The number of benzene rings is 1. The lowest BCUT2D eigenvalue weighted by Crippen LogP contribution is -2.46. The van der Waals surface area contributed by atoms with E-state index in [4.69, 9.17) is 4.98 Å². The molecular weight excluding hydrogens is 392 g/mol. The van der Waals surface area contributed by atoms with Crippen molar-refractivity contribution in [2.24, 2.45) is 7.05 Å². The first-order chi connectivity index (χ1) is 12.7. The van der Waals surface area contributed by atoms with Crippen molar-refractivity contribution >= 4 is 21.7 Å². The molecule has 0 spiro atoms. The summed E-state index contributed by atoms with van der Waals surface area (Å²) in [6, 6.07) is 8.53. The summed E-state index contributed by atoms with van der Waals surface area (Å²) in [7, 11) is 1.91. The van der Waals surface area contributed by atoms with Gasteiger partial charge < -0.3 is 4.90 Å². The van der Waals surface area contributed by atoms with Gasteiger partial charge in [0.2, 0.25) is 0 Å². The van der Waals surface area contributed by atoms with Crippen molar-refractivity contribution in [1.29, 1.82) is 0 Å². The molecule has 0 amide bonds. The zero-order valence-electron chi connectivity index (χ0n) is 14.7. The topological polar surface area (TPSA) is 50.1 Å². The van der Waals surface area contributed by atoms with Crippen molar-refractivity contribution in [3.63, 3.8) is 0 Å². The average molecular weight is 413 g/mol. The first kappa shape index (κ1) is 17.2. The third-order valence-corrected chi connectivity index (χ3v) is 5.11. The number of rotatable bonds is 4. The summed E-state index contributed by atoms with van der Waals surface area (Å²) in [6.07, 6.45) is 7.43. The van der Waals surface area contributed by atoms with Crippen LogP contribution in [0.2, 0.25) is 0 Å². The Morgan fingerprint density at radius 3 is 2.65 bits per heavy atom. The molecular formula is C19H21BrN6. The van der Waals surface area contributed by atoms with E-state index in [0.29, 0.717) is 0 Å². The fraction of sp³-hybridized carbons (Fsp3) is 0.316. The number of piperazine rings is 1. The normalized spacial score (nSPS) is 15.4. The van der Waals surface area contributed by atoms with Gasteiger partial charge in [0.05, 0.1) is 24.3 Å². The molecule has 1 saturated heterocycles. The average Bonchev–Trinajstić information content (AvgIpc) is 3.09. The van der Waals surface area contributed by atoms with Gasteiger partial charge >= 0.3 is 0 Å². The maximum Gasteiger partial charge on any atom is 0.147 e. The molecule has 1 aliphatic rings. The van der Waals surface area contributed by atoms with Crippen LogP contribution in [0, 0.1) is 0 Å². The van der Waals surface area contributed by atoms with E-state index >= 15 is 0 Å². The summed E-state index contributed by atoms with van der Waals surface area (Å²) < 4.78 is 2.92. The van der Waals surface area contributed by atoms with Crippen molar-refractivity contribution < 1.29 is 0 Å². The molecule has 0 unspecified atom stereocenters. The number of halogens is 1. The van der Waals surface area contributed by atoms with Gasteiger partial charge in [-0.2, -0.15) is 5.10 Å². The van der Waals surface area contributed by atoms with Crippen LogP contribution in [0.25, 0.3) is 11.3 Å². The summed E-state index contributed by atoms with van der Waals surface area (Å²) in [5.41, 5.74) is 3.20. The molecule has 134 valence electrons. The Balaban J connectivity index is 1.40. The van der Waals surface area contributed by atoms with E-state index in [2.05, 4.69) is 60.1 Å². The Labute approximate surface area is 161 Å². The fourth-order valence-electron chi connectivity index (χ4n) is 3.23. The van der Waals surface area contributed by atoms with Gasteiger partial charge in [-0.1, -0.05) is 28.1 Å². The highest BCUT2D eigenvalue weighted by molar-refractivity contribution is 9.10. The Kier molecular flexibility index (Phi) is 4.99. The van der Waals surface area contributed by atoms with E-state index in [1.807, 2.05) is 25.6 Å². The lowest BCUT2D eigenvalue weighted by molar-refractivity contribution is 0.249. The van der Waals surface area contributed by atoms with Crippen LogP contribution in [-0.2, 0) is 13.6 Å². The van der Waals surface area contributed by atoms with Crippen molar-refractivity contribution in [3.8, 4) is 11.3 Å². The van der Waals surface area contributed by atoms with Crippen LogP contribution in [-0.4, -0.2) is 50.8 Å². The minimum absolute atomic E-state index is 0.868. The van der Waals surface area contributed by atoms with Crippen molar-refractivity contribution in [2.75, 3.05) is 31.1 Å². The predicted octanol–water partition coefficient (Wildman–Crippen LogP) is 2.96. The van der Waals surface area contributed by atoms with Crippen LogP contribution in [0.15, 0.2) is 53.5 Å². The number of aryl methyl sites for hydroxylation is 1. The number of hydrogen-bond donors (Lipinski definition) is 0. The van der Waals surface area contributed by atoms with Gasteiger partial charge in [-0.15, -0.1) is 0 Å².